The van der Waals surface area contributed by atoms with Crippen molar-refractivity contribution in [3.05, 3.63) is 29.0 Å². The summed E-state index contributed by atoms with van der Waals surface area (Å²) in [6.07, 6.45) is 2.34. The summed E-state index contributed by atoms with van der Waals surface area (Å²) >= 11 is 5.71. The maximum Gasteiger partial charge on any atom is 0.238 e. The first kappa shape index (κ1) is 14.8. The van der Waals surface area contributed by atoms with Gasteiger partial charge in [-0.3, -0.25) is 9.69 Å². The molecule has 1 spiro atoms. The summed E-state index contributed by atoms with van der Waals surface area (Å²) in [5.41, 5.74) is 0.891. The lowest BCUT2D eigenvalue weighted by Gasteiger charge is -2.22. The van der Waals surface area contributed by atoms with E-state index in [0.717, 1.165) is 32.6 Å². The van der Waals surface area contributed by atoms with Gasteiger partial charge in [-0.2, -0.15) is 0 Å². The van der Waals surface area contributed by atoms with Gasteiger partial charge in [0.05, 0.1) is 11.6 Å². The third kappa shape index (κ3) is 3.36. The molecule has 3 rings (SSSR count). The van der Waals surface area contributed by atoms with Gasteiger partial charge in [-0.25, -0.2) is 4.39 Å². The summed E-state index contributed by atoms with van der Waals surface area (Å²) in [7, 11) is 0. The minimum atomic E-state index is -0.482. The maximum atomic E-state index is 13.1. The maximum absolute atomic E-state index is 13.1. The molecule has 2 N–H and O–H groups in total. The molecule has 2 fully saturated rings. The molecule has 1 aromatic rings. The molecule has 0 bridgehead atoms. The van der Waals surface area contributed by atoms with Crippen LogP contribution in [0, 0.1) is 11.2 Å². The summed E-state index contributed by atoms with van der Waals surface area (Å²) in [5.74, 6) is -0.564. The number of anilines is 1. The normalized spacial score (nSPS) is 25.6. The number of carbonyl (C=O) groups excluding carboxylic acids is 1. The number of rotatable bonds is 3. The Morgan fingerprint density at radius 2 is 2.33 bits per heavy atom. The second-order valence-electron chi connectivity index (χ2n) is 6.06. The molecule has 1 unspecified atom stereocenters. The molecule has 0 saturated carbocycles. The van der Waals surface area contributed by atoms with Crippen molar-refractivity contribution in [2.75, 3.05) is 38.0 Å². The van der Waals surface area contributed by atoms with Crippen LogP contribution in [0.4, 0.5) is 10.1 Å². The zero-order chi connectivity index (χ0) is 14.9. The first-order valence-electron chi connectivity index (χ1n) is 7.24. The average molecular weight is 312 g/mol. The lowest BCUT2D eigenvalue weighted by molar-refractivity contribution is -0.117. The van der Waals surface area contributed by atoms with Gasteiger partial charge in [-0.05, 0) is 49.5 Å². The van der Waals surface area contributed by atoms with E-state index in [4.69, 9.17) is 11.6 Å². The Kier molecular flexibility index (Phi) is 4.15. The van der Waals surface area contributed by atoms with Crippen LogP contribution < -0.4 is 10.6 Å². The van der Waals surface area contributed by atoms with Crippen molar-refractivity contribution in [1.82, 2.24) is 10.2 Å². The van der Waals surface area contributed by atoms with Gasteiger partial charge in [0.25, 0.3) is 0 Å². The molecule has 6 heteroatoms. The quantitative estimate of drug-likeness (QED) is 0.898. The van der Waals surface area contributed by atoms with Crippen LogP contribution in [0.3, 0.4) is 0 Å². The van der Waals surface area contributed by atoms with Crippen LogP contribution >= 0.6 is 11.6 Å². The van der Waals surface area contributed by atoms with E-state index in [1.807, 2.05) is 0 Å². The lowest BCUT2D eigenvalue weighted by atomic mass is 9.87. The molecule has 21 heavy (non-hydrogen) atoms. The number of nitrogens with one attached hydrogen (secondary N) is 2. The third-order valence-corrected chi connectivity index (χ3v) is 4.71. The third-order valence-electron chi connectivity index (χ3n) is 4.42. The zero-order valence-electron chi connectivity index (χ0n) is 11.8. The van der Waals surface area contributed by atoms with E-state index < -0.39 is 5.82 Å². The van der Waals surface area contributed by atoms with Crippen molar-refractivity contribution in [2.45, 2.75) is 12.8 Å². The summed E-state index contributed by atoms with van der Waals surface area (Å²) in [6, 6.07) is 4.21. The van der Waals surface area contributed by atoms with Crippen molar-refractivity contribution in [2.24, 2.45) is 5.41 Å². The van der Waals surface area contributed by atoms with Crippen LogP contribution in [0.5, 0.6) is 0 Å². The number of carbonyl (C=O) groups is 1. The molecular formula is C15H19ClFN3O. The van der Waals surface area contributed by atoms with E-state index in [1.54, 1.807) is 0 Å². The molecule has 0 aromatic heterocycles. The lowest BCUT2D eigenvalue weighted by Crippen LogP contribution is -2.34. The highest BCUT2D eigenvalue weighted by Gasteiger charge is 2.40. The number of halogens is 2. The van der Waals surface area contributed by atoms with Crippen LogP contribution in [-0.2, 0) is 4.79 Å². The Morgan fingerprint density at radius 3 is 3.05 bits per heavy atom. The Bertz CT molecular complexity index is 546. The van der Waals surface area contributed by atoms with Gasteiger partial charge in [0.1, 0.15) is 5.82 Å². The number of benzene rings is 1. The van der Waals surface area contributed by atoms with Crippen molar-refractivity contribution < 1.29 is 9.18 Å². The summed E-state index contributed by atoms with van der Waals surface area (Å²) in [4.78, 5) is 14.3. The highest BCUT2D eigenvalue weighted by molar-refractivity contribution is 6.31. The van der Waals surface area contributed by atoms with Crippen LogP contribution in [-0.4, -0.2) is 43.5 Å². The van der Waals surface area contributed by atoms with E-state index in [0.29, 0.717) is 17.6 Å². The second kappa shape index (κ2) is 5.91. The Labute approximate surface area is 128 Å². The number of hydrogen-bond donors (Lipinski definition) is 2. The number of likely N-dealkylation sites (tertiary alicyclic amines) is 1. The highest BCUT2D eigenvalue weighted by Crippen LogP contribution is 2.35. The van der Waals surface area contributed by atoms with Crippen LogP contribution in [0.25, 0.3) is 0 Å². The fraction of sp³-hybridized carbons (Fsp3) is 0.533. The van der Waals surface area contributed by atoms with Crippen molar-refractivity contribution in [3.8, 4) is 0 Å². The molecule has 2 heterocycles. The topological polar surface area (TPSA) is 44.4 Å². The molecule has 0 radical (unpaired) electrons. The smallest absolute Gasteiger partial charge is 0.238 e. The summed E-state index contributed by atoms with van der Waals surface area (Å²) < 4.78 is 13.1. The summed E-state index contributed by atoms with van der Waals surface area (Å²) in [6.45, 7) is 4.43. The predicted octanol–water partition coefficient (Wildman–Crippen LogP) is 2.10. The first-order valence-corrected chi connectivity index (χ1v) is 7.62. The number of hydrogen-bond acceptors (Lipinski definition) is 3. The first-order chi connectivity index (χ1) is 10.1. The van der Waals surface area contributed by atoms with Gasteiger partial charge in [0.15, 0.2) is 0 Å². The average Bonchev–Trinajstić information content (AvgIpc) is 3.05. The minimum Gasteiger partial charge on any atom is -0.325 e. The van der Waals surface area contributed by atoms with Gasteiger partial charge < -0.3 is 10.6 Å². The predicted molar refractivity (Wildman–Crippen MR) is 81.0 cm³/mol. The van der Waals surface area contributed by atoms with Crippen LogP contribution in [0.15, 0.2) is 18.2 Å². The van der Waals surface area contributed by atoms with E-state index in [-0.39, 0.29) is 10.9 Å². The fourth-order valence-corrected chi connectivity index (χ4v) is 3.46. The van der Waals surface area contributed by atoms with Gasteiger partial charge in [0.2, 0.25) is 5.91 Å². The Hall–Kier alpha value is -1.17. The second-order valence-corrected chi connectivity index (χ2v) is 6.47. The Morgan fingerprint density at radius 1 is 1.48 bits per heavy atom. The highest BCUT2D eigenvalue weighted by atomic mass is 35.5. The number of amides is 1. The molecule has 2 aliphatic heterocycles. The molecule has 1 aromatic carbocycles. The summed E-state index contributed by atoms with van der Waals surface area (Å²) in [5, 5.41) is 6.19. The largest absolute Gasteiger partial charge is 0.325 e. The van der Waals surface area contributed by atoms with E-state index >= 15 is 0 Å². The van der Waals surface area contributed by atoms with Crippen molar-refractivity contribution in [3.63, 3.8) is 0 Å². The van der Waals surface area contributed by atoms with E-state index in [9.17, 15) is 9.18 Å². The fourth-order valence-electron chi connectivity index (χ4n) is 3.28. The molecule has 4 nitrogen and oxygen atoms in total. The van der Waals surface area contributed by atoms with E-state index in [1.165, 1.54) is 24.6 Å². The van der Waals surface area contributed by atoms with Gasteiger partial charge in [-0.1, -0.05) is 11.6 Å². The monoisotopic (exact) mass is 311 g/mol. The number of nitrogens with zero attached hydrogens (tertiary/aromatic N) is 1. The standard InChI is InChI=1S/C15H19ClFN3O/c16-12-7-11(1-2-13(12)17)19-14(21)8-20-6-4-15(10-20)3-5-18-9-15/h1-2,7,18H,3-6,8-10H2,(H,19,21). The zero-order valence-corrected chi connectivity index (χ0v) is 12.5. The molecule has 114 valence electrons. The van der Waals surface area contributed by atoms with Crippen molar-refractivity contribution in [1.29, 1.82) is 0 Å². The molecule has 1 atom stereocenters. The minimum absolute atomic E-state index is 0.0185. The van der Waals surface area contributed by atoms with Crippen LogP contribution in [0.2, 0.25) is 5.02 Å². The molecule has 2 aliphatic rings. The molecule has 0 aliphatic carbocycles. The SMILES string of the molecule is O=C(CN1CCC2(CCNC2)C1)Nc1ccc(F)c(Cl)c1. The molecular weight excluding hydrogens is 293 g/mol. The van der Waals surface area contributed by atoms with Crippen molar-refractivity contribution >= 4 is 23.2 Å². The van der Waals surface area contributed by atoms with Gasteiger partial charge >= 0.3 is 0 Å². The van der Waals surface area contributed by atoms with Crippen LogP contribution in [0.1, 0.15) is 12.8 Å². The van der Waals surface area contributed by atoms with Gasteiger partial charge in [0, 0.05) is 18.8 Å². The van der Waals surface area contributed by atoms with E-state index in [2.05, 4.69) is 15.5 Å². The Balaban J connectivity index is 1.53. The van der Waals surface area contributed by atoms with Gasteiger partial charge in [-0.15, -0.1) is 0 Å². The molecule has 2 saturated heterocycles. The molecule has 1 amide bonds.